The molecule has 0 N–H and O–H groups in total. The van der Waals surface area contributed by atoms with Crippen LogP contribution in [-0.4, -0.2) is 0 Å². The van der Waals surface area contributed by atoms with E-state index in [9.17, 15) is 0 Å². The molecule has 1 fully saturated rings. The number of hydrogen-bond acceptors (Lipinski definition) is 0. The van der Waals surface area contributed by atoms with Gasteiger partial charge in [0.2, 0.25) is 0 Å². The van der Waals surface area contributed by atoms with Gasteiger partial charge >= 0.3 is 0 Å². The average Bonchev–Trinajstić information content (AvgIpc) is 2.91. The third-order valence-electron chi connectivity index (χ3n) is 8.80. The highest BCUT2D eigenvalue weighted by molar-refractivity contribution is 5.64. The summed E-state index contributed by atoms with van der Waals surface area (Å²) in [6.45, 7) is 7.02. The zero-order valence-corrected chi connectivity index (χ0v) is 23.4. The Hall–Kier alpha value is -1.56. The molecule has 0 aromatic heterocycles. The van der Waals surface area contributed by atoms with Crippen LogP contribution in [0.15, 0.2) is 48.5 Å². The van der Waals surface area contributed by atoms with E-state index in [0.29, 0.717) is 0 Å². The number of hydrogen-bond donors (Lipinski definition) is 0. The summed E-state index contributed by atoms with van der Waals surface area (Å²) in [6, 6.07) is 18.9. The molecule has 0 heteroatoms. The Labute approximate surface area is 218 Å². The fourth-order valence-corrected chi connectivity index (χ4v) is 6.28. The Kier molecular flexibility index (Phi) is 13.0. The van der Waals surface area contributed by atoms with E-state index >= 15 is 0 Å². The van der Waals surface area contributed by atoms with Gasteiger partial charge in [0.15, 0.2) is 0 Å². The lowest BCUT2D eigenvalue weighted by molar-refractivity contribution is 0.256. The van der Waals surface area contributed by atoms with Crippen molar-refractivity contribution in [2.75, 3.05) is 0 Å². The lowest BCUT2D eigenvalue weighted by Crippen LogP contribution is -2.16. The predicted octanol–water partition coefficient (Wildman–Crippen LogP) is 11.5. The molecule has 0 radical (unpaired) electrons. The van der Waals surface area contributed by atoms with Gasteiger partial charge in [0.25, 0.3) is 0 Å². The van der Waals surface area contributed by atoms with Crippen molar-refractivity contribution >= 4 is 0 Å². The van der Waals surface area contributed by atoms with Gasteiger partial charge in [0.1, 0.15) is 0 Å². The van der Waals surface area contributed by atoms with Crippen molar-refractivity contribution in [2.45, 2.75) is 136 Å². The van der Waals surface area contributed by atoms with Crippen molar-refractivity contribution in [1.82, 2.24) is 0 Å². The molecule has 0 spiro atoms. The van der Waals surface area contributed by atoms with Gasteiger partial charge in [-0.05, 0) is 85.0 Å². The highest BCUT2D eigenvalue weighted by atomic mass is 14.3. The molecule has 0 saturated heterocycles. The molecule has 1 unspecified atom stereocenters. The Morgan fingerprint density at radius 1 is 0.629 bits per heavy atom. The van der Waals surface area contributed by atoms with Gasteiger partial charge in [-0.15, -0.1) is 0 Å². The molecule has 35 heavy (non-hydrogen) atoms. The second-order valence-electron chi connectivity index (χ2n) is 11.6. The van der Waals surface area contributed by atoms with Crippen LogP contribution >= 0.6 is 0 Å². The molecule has 194 valence electrons. The Morgan fingerprint density at radius 2 is 1.20 bits per heavy atom. The molecule has 1 aliphatic carbocycles. The highest BCUT2D eigenvalue weighted by Gasteiger charge is 2.24. The summed E-state index contributed by atoms with van der Waals surface area (Å²) in [5.74, 6) is 2.73. The minimum absolute atomic E-state index is 0.778. The lowest BCUT2D eigenvalue weighted by atomic mass is 9.74. The van der Waals surface area contributed by atoms with Crippen LogP contribution in [0.1, 0.15) is 141 Å². The SMILES string of the molecule is CCCCCCCCCc1ccc(-c2ccc(C3CCC(CC(CC)CCCC)CC3)cc2)cc1. The van der Waals surface area contributed by atoms with Crippen molar-refractivity contribution in [3.63, 3.8) is 0 Å². The number of rotatable bonds is 16. The van der Waals surface area contributed by atoms with Gasteiger partial charge in [-0.1, -0.05) is 134 Å². The molecule has 0 nitrogen and oxygen atoms in total. The maximum Gasteiger partial charge on any atom is -0.0162 e. The standard InChI is InChI=1S/C35H54/c1-4-7-9-10-11-12-13-15-30-16-20-32(21-17-30)34-24-26-35(27-25-34)33-22-18-31(19-23-33)28-29(6-3)14-8-5-2/h16-17,20-21,24-27,29,31,33H,4-15,18-19,22-23,28H2,1-3H3. The number of aryl methyl sites for hydroxylation is 1. The zero-order chi connectivity index (χ0) is 24.7. The van der Waals surface area contributed by atoms with E-state index < -0.39 is 0 Å². The predicted molar refractivity (Wildman–Crippen MR) is 156 cm³/mol. The van der Waals surface area contributed by atoms with Gasteiger partial charge in [-0.2, -0.15) is 0 Å². The summed E-state index contributed by atoms with van der Waals surface area (Å²) in [6.07, 6.45) is 23.7. The smallest absolute Gasteiger partial charge is 0.0162 e. The minimum Gasteiger partial charge on any atom is -0.0654 e. The van der Waals surface area contributed by atoms with Gasteiger partial charge < -0.3 is 0 Å². The quantitative estimate of drug-likeness (QED) is 0.212. The van der Waals surface area contributed by atoms with Crippen molar-refractivity contribution in [2.24, 2.45) is 11.8 Å². The van der Waals surface area contributed by atoms with Crippen molar-refractivity contribution in [3.8, 4) is 11.1 Å². The molecule has 0 aliphatic heterocycles. The third-order valence-corrected chi connectivity index (χ3v) is 8.80. The van der Waals surface area contributed by atoms with Crippen molar-refractivity contribution in [3.05, 3.63) is 59.7 Å². The van der Waals surface area contributed by atoms with Crippen LogP contribution in [0.25, 0.3) is 11.1 Å². The fourth-order valence-electron chi connectivity index (χ4n) is 6.28. The van der Waals surface area contributed by atoms with E-state index in [1.54, 1.807) is 5.56 Å². The second-order valence-corrected chi connectivity index (χ2v) is 11.6. The Bertz CT molecular complexity index is 776. The molecule has 0 amide bonds. The van der Waals surface area contributed by atoms with Crippen LogP contribution < -0.4 is 0 Å². The normalized spacial score (nSPS) is 19.1. The first kappa shape index (κ1) is 28.0. The monoisotopic (exact) mass is 474 g/mol. The van der Waals surface area contributed by atoms with Crippen LogP contribution in [0.3, 0.4) is 0 Å². The van der Waals surface area contributed by atoms with Gasteiger partial charge in [0.05, 0.1) is 0 Å². The summed E-state index contributed by atoms with van der Waals surface area (Å²) in [5, 5.41) is 0. The van der Waals surface area contributed by atoms with Crippen LogP contribution in [0.5, 0.6) is 0 Å². The maximum absolute atomic E-state index is 2.42. The molecule has 1 atom stereocenters. The first-order valence-electron chi connectivity index (χ1n) is 15.4. The number of unbranched alkanes of at least 4 members (excludes halogenated alkanes) is 7. The van der Waals surface area contributed by atoms with Gasteiger partial charge in [-0.3, -0.25) is 0 Å². The summed E-state index contributed by atoms with van der Waals surface area (Å²) in [7, 11) is 0. The molecule has 0 heterocycles. The molecule has 3 rings (SSSR count). The highest BCUT2D eigenvalue weighted by Crippen LogP contribution is 2.39. The summed E-state index contributed by atoms with van der Waals surface area (Å²) < 4.78 is 0. The van der Waals surface area contributed by atoms with E-state index in [1.807, 2.05) is 0 Å². The van der Waals surface area contributed by atoms with E-state index in [2.05, 4.69) is 69.3 Å². The molecular weight excluding hydrogens is 420 g/mol. The van der Waals surface area contributed by atoms with Crippen LogP contribution in [-0.2, 0) is 6.42 Å². The maximum atomic E-state index is 2.42. The first-order chi connectivity index (χ1) is 17.2. The van der Waals surface area contributed by atoms with E-state index in [-0.39, 0.29) is 0 Å². The third kappa shape index (κ3) is 9.78. The van der Waals surface area contributed by atoms with Crippen LogP contribution in [0.2, 0.25) is 0 Å². The largest absolute Gasteiger partial charge is 0.0654 e. The Balaban J connectivity index is 1.41. The van der Waals surface area contributed by atoms with Gasteiger partial charge in [0, 0.05) is 0 Å². The molecular formula is C35H54. The zero-order valence-electron chi connectivity index (χ0n) is 23.4. The summed E-state index contributed by atoms with van der Waals surface area (Å²) in [4.78, 5) is 0. The molecule has 0 bridgehead atoms. The van der Waals surface area contributed by atoms with Crippen molar-refractivity contribution < 1.29 is 0 Å². The molecule has 2 aromatic rings. The van der Waals surface area contributed by atoms with E-state index in [1.165, 1.54) is 126 Å². The second kappa shape index (κ2) is 16.2. The van der Waals surface area contributed by atoms with Crippen molar-refractivity contribution in [1.29, 1.82) is 0 Å². The topological polar surface area (TPSA) is 0 Å². The van der Waals surface area contributed by atoms with E-state index in [4.69, 9.17) is 0 Å². The summed E-state index contributed by atoms with van der Waals surface area (Å²) >= 11 is 0. The van der Waals surface area contributed by atoms with Crippen LogP contribution in [0.4, 0.5) is 0 Å². The lowest BCUT2D eigenvalue weighted by Gasteiger charge is -2.31. The fraction of sp³-hybridized carbons (Fsp3) is 0.657. The molecule has 1 aliphatic rings. The first-order valence-corrected chi connectivity index (χ1v) is 15.4. The summed E-state index contributed by atoms with van der Waals surface area (Å²) in [5.41, 5.74) is 5.80. The van der Waals surface area contributed by atoms with E-state index in [0.717, 1.165) is 17.8 Å². The van der Waals surface area contributed by atoms with Crippen LogP contribution in [0, 0.1) is 11.8 Å². The Morgan fingerprint density at radius 3 is 1.80 bits per heavy atom. The minimum atomic E-state index is 0.778. The van der Waals surface area contributed by atoms with Gasteiger partial charge in [-0.25, -0.2) is 0 Å². The molecule has 2 aromatic carbocycles. The number of benzene rings is 2. The average molecular weight is 475 g/mol. The molecule has 1 saturated carbocycles.